The van der Waals surface area contributed by atoms with Crippen LogP contribution in [-0.4, -0.2) is 30.7 Å². The number of aliphatic hydroxyl groups is 1. The van der Waals surface area contributed by atoms with E-state index in [9.17, 15) is 9.90 Å². The quantitative estimate of drug-likeness (QED) is 0.695. The van der Waals surface area contributed by atoms with Crippen molar-refractivity contribution in [2.75, 3.05) is 25.0 Å². The van der Waals surface area contributed by atoms with Crippen LogP contribution in [0.3, 0.4) is 0 Å². The molecule has 0 aliphatic carbocycles. The normalized spacial score (nSPS) is 11.2. The molecular formula is C18H23ClN2O2. The van der Waals surface area contributed by atoms with E-state index in [1.54, 1.807) is 0 Å². The number of carbonyl (C=O) groups is 1. The summed E-state index contributed by atoms with van der Waals surface area (Å²) >= 11 is 0. The third-order valence-corrected chi connectivity index (χ3v) is 3.52. The Balaban J connectivity index is 0.00000264. The molecule has 0 fully saturated rings. The van der Waals surface area contributed by atoms with Crippen molar-refractivity contribution < 1.29 is 9.90 Å². The number of rotatable bonds is 8. The van der Waals surface area contributed by atoms with Crippen LogP contribution in [0.25, 0.3) is 0 Å². The van der Waals surface area contributed by atoms with Gasteiger partial charge in [0.05, 0.1) is 6.54 Å². The maximum Gasteiger partial charge on any atom is 0.239 e. The smallest absolute Gasteiger partial charge is 0.239 e. The zero-order valence-corrected chi connectivity index (χ0v) is 13.8. The number of hydrogen-bond donors (Lipinski definition) is 3. The summed E-state index contributed by atoms with van der Waals surface area (Å²) in [5, 5.41) is 15.2. The van der Waals surface area contributed by atoms with Gasteiger partial charge in [-0.2, -0.15) is 0 Å². The minimum Gasteiger partial charge on any atom is -0.396 e. The molecule has 0 radical (unpaired) electrons. The number of benzene rings is 2. The molecule has 2 aromatic rings. The predicted molar refractivity (Wildman–Crippen MR) is 96.1 cm³/mol. The molecule has 1 unspecified atom stereocenters. The van der Waals surface area contributed by atoms with E-state index in [1.807, 2.05) is 60.7 Å². The minimum atomic E-state index is -0.0530. The fraction of sp³-hybridized carbons (Fsp3) is 0.278. The molecule has 0 bridgehead atoms. The average molecular weight is 335 g/mol. The van der Waals surface area contributed by atoms with Crippen molar-refractivity contribution in [1.82, 2.24) is 5.32 Å². The van der Waals surface area contributed by atoms with Gasteiger partial charge in [-0.05, 0) is 24.1 Å². The topological polar surface area (TPSA) is 61.4 Å². The third kappa shape index (κ3) is 6.72. The largest absolute Gasteiger partial charge is 0.396 e. The van der Waals surface area contributed by atoms with E-state index in [2.05, 4.69) is 10.6 Å². The summed E-state index contributed by atoms with van der Waals surface area (Å²) in [6, 6.07) is 19.6. The molecule has 5 heteroatoms. The molecule has 2 aromatic carbocycles. The molecule has 3 N–H and O–H groups in total. The molecule has 4 nitrogen and oxygen atoms in total. The second-order valence-electron chi connectivity index (χ2n) is 5.14. The van der Waals surface area contributed by atoms with Crippen LogP contribution in [0, 0.1) is 0 Å². The van der Waals surface area contributed by atoms with Crippen LogP contribution in [0.4, 0.5) is 5.69 Å². The number of hydrogen-bond acceptors (Lipinski definition) is 3. The van der Waals surface area contributed by atoms with Gasteiger partial charge >= 0.3 is 0 Å². The molecular weight excluding hydrogens is 312 g/mol. The lowest BCUT2D eigenvalue weighted by molar-refractivity contribution is -0.119. The minimum absolute atomic E-state index is 0. The summed E-state index contributed by atoms with van der Waals surface area (Å²) in [4.78, 5) is 11.9. The zero-order valence-electron chi connectivity index (χ0n) is 12.9. The van der Waals surface area contributed by atoms with E-state index in [-0.39, 0.29) is 37.4 Å². The standard InChI is InChI=1S/C18H22N2O2.ClH/c21-12-11-16(15-7-3-1-4-8-15)13-20-18(22)14-19-17-9-5-2-6-10-17;/h1-10,16,19,21H,11-14H2,(H,20,22);1H. The van der Waals surface area contributed by atoms with Crippen LogP contribution in [0.15, 0.2) is 60.7 Å². The summed E-state index contributed by atoms with van der Waals surface area (Å²) in [7, 11) is 0. The first-order valence-electron chi connectivity index (χ1n) is 7.51. The second kappa shape index (κ2) is 10.6. The van der Waals surface area contributed by atoms with Crippen LogP contribution in [0.1, 0.15) is 17.9 Å². The summed E-state index contributed by atoms with van der Waals surface area (Å²) < 4.78 is 0. The highest BCUT2D eigenvalue weighted by atomic mass is 35.5. The fourth-order valence-corrected chi connectivity index (χ4v) is 2.31. The third-order valence-electron chi connectivity index (χ3n) is 3.52. The van der Waals surface area contributed by atoms with E-state index in [4.69, 9.17) is 0 Å². The molecule has 0 aliphatic heterocycles. The molecule has 1 atom stereocenters. The number of amides is 1. The number of para-hydroxylation sites is 1. The lowest BCUT2D eigenvalue weighted by atomic mass is 9.96. The lowest BCUT2D eigenvalue weighted by Gasteiger charge is -2.17. The van der Waals surface area contributed by atoms with E-state index < -0.39 is 0 Å². The highest BCUT2D eigenvalue weighted by molar-refractivity contribution is 5.85. The first-order valence-corrected chi connectivity index (χ1v) is 7.51. The van der Waals surface area contributed by atoms with Crippen molar-refractivity contribution in [3.63, 3.8) is 0 Å². The van der Waals surface area contributed by atoms with Crippen LogP contribution in [0.2, 0.25) is 0 Å². The van der Waals surface area contributed by atoms with Crippen molar-refractivity contribution >= 4 is 24.0 Å². The number of carbonyl (C=O) groups excluding carboxylic acids is 1. The Hall–Kier alpha value is -2.04. The SMILES string of the molecule is Cl.O=C(CNc1ccccc1)NCC(CCO)c1ccccc1. The van der Waals surface area contributed by atoms with Gasteiger partial charge in [0.15, 0.2) is 0 Å². The molecule has 0 heterocycles. The van der Waals surface area contributed by atoms with Crippen molar-refractivity contribution in [3.05, 3.63) is 66.2 Å². The van der Waals surface area contributed by atoms with E-state index in [0.717, 1.165) is 11.3 Å². The molecule has 0 spiro atoms. The molecule has 0 saturated carbocycles. The molecule has 124 valence electrons. The van der Waals surface area contributed by atoms with Crippen LogP contribution in [0.5, 0.6) is 0 Å². The van der Waals surface area contributed by atoms with E-state index in [1.165, 1.54) is 0 Å². The average Bonchev–Trinajstić information content (AvgIpc) is 2.58. The molecule has 1 amide bonds. The Morgan fingerprint density at radius 1 is 1.00 bits per heavy atom. The first kappa shape index (κ1) is 19.0. The monoisotopic (exact) mass is 334 g/mol. The fourth-order valence-electron chi connectivity index (χ4n) is 2.31. The summed E-state index contributed by atoms with van der Waals surface area (Å²) in [5.41, 5.74) is 2.06. The second-order valence-corrected chi connectivity index (χ2v) is 5.14. The lowest BCUT2D eigenvalue weighted by Crippen LogP contribution is -2.33. The maximum absolute atomic E-state index is 11.9. The highest BCUT2D eigenvalue weighted by Gasteiger charge is 2.12. The zero-order chi connectivity index (χ0) is 15.6. The summed E-state index contributed by atoms with van der Waals surface area (Å²) in [6.07, 6.45) is 0.635. The predicted octanol–water partition coefficient (Wildman–Crippen LogP) is 2.80. The maximum atomic E-state index is 11.9. The van der Waals surface area contributed by atoms with Gasteiger partial charge in [-0.15, -0.1) is 12.4 Å². The first-order chi connectivity index (χ1) is 10.8. The van der Waals surface area contributed by atoms with Gasteiger partial charge < -0.3 is 15.7 Å². The summed E-state index contributed by atoms with van der Waals surface area (Å²) in [6.45, 7) is 0.877. The van der Waals surface area contributed by atoms with Gasteiger partial charge in [-0.1, -0.05) is 48.5 Å². The van der Waals surface area contributed by atoms with Gasteiger partial charge in [-0.25, -0.2) is 0 Å². The van der Waals surface area contributed by atoms with Gasteiger partial charge in [0.2, 0.25) is 5.91 Å². The van der Waals surface area contributed by atoms with Gasteiger partial charge in [0.1, 0.15) is 0 Å². The van der Waals surface area contributed by atoms with Crippen LogP contribution in [-0.2, 0) is 4.79 Å². The van der Waals surface area contributed by atoms with E-state index in [0.29, 0.717) is 13.0 Å². The number of halogens is 1. The van der Waals surface area contributed by atoms with Crippen molar-refractivity contribution in [2.45, 2.75) is 12.3 Å². The highest BCUT2D eigenvalue weighted by Crippen LogP contribution is 2.18. The Morgan fingerprint density at radius 3 is 2.22 bits per heavy atom. The van der Waals surface area contributed by atoms with Crippen LogP contribution >= 0.6 is 12.4 Å². The number of nitrogens with one attached hydrogen (secondary N) is 2. The van der Waals surface area contributed by atoms with Gasteiger partial charge in [0, 0.05) is 24.8 Å². The Bertz CT molecular complexity index is 564. The van der Waals surface area contributed by atoms with Gasteiger partial charge in [-0.3, -0.25) is 4.79 Å². The number of aliphatic hydroxyl groups excluding tert-OH is 1. The Labute approximate surface area is 143 Å². The van der Waals surface area contributed by atoms with Crippen molar-refractivity contribution in [2.24, 2.45) is 0 Å². The molecule has 0 aromatic heterocycles. The Morgan fingerprint density at radius 2 is 1.61 bits per heavy atom. The van der Waals surface area contributed by atoms with Crippen LogP contribution < -0.4 is 10.6 Å². The number of anilines is 1. The Kier molecular flexibility index (Phi) is 8.80. The summed E-state index contributed by atoms with van der Waals surface area (Å²) in [5.74, 6) is 0.0783. The van der Waals surface area contributed by atoms with Crippen molar-refractivity contribution in [3.8, 4) is 0 Å². The molecule has 0 saturated heterocycles. The van der Waals surface area contributed by atoms with Crippen molar-refractivity contribution in [1.29, 1.82) is 0 Å². The molecule has 2 rings (SSSR count). The molecule has 23 heavy (non-hydrogen) atoms. The molecule has 0 aliphatic rings. The van der Waals surface area contributed by atoms with Gasteiger partial charge in [0.25, 0.3) is 0 Å². The van der Waals surface area contributed by atoms with E-state index >= 15 is 0 Å².